The maximum Gasteiger partial charge on any atom is 0.306 e. The van der Waals surface area contributed by atoms with Crippen molar-refractivity contribution in [2.24, 2.45) is 0 Å². The van der Waals surface area contributed by atoms with E-state index in [1.165, 1.54) is 154 Å². The van der Waals surface area contributed by atoms with Gasteiger partial charge in [-0.05, 0) is 57.8 Å². The maximum atomic E-state index is 12.4. The molecule has 4 heteroatoms. The molecule has 4 nitrogen and oxygen atoms in total. The summed E-state index contributed by atoms with van der Waals surface area (Å²) in [7, 11) is 0. The molecule has 0 radical (unpaired) electrons. The number of ether oxygens (including phenoxy) is 1. The van der Waals surface area contributed by atoms with Crippen LogP contribution in [0.3, 0.4) is 0 Å². The molecule has 0 aromatic heterocycles. The summed E-state index contributed by atoms with van der Waals surface area (Å²) in [4.78, 5) is 22.9. The Kier molecular flexibility index (Phi) is 35.1. The number of carboxylic acids is 1. The van der Waals surface area contributed by atoms with Crippen molar-refractivity contribution in [1.29, 1.82) is 0 Å². The molecule has 0 aliphatic carbocycles. The molecule has 0 fully saturated rings. The van der Waals surface area contributed by atoms with Gasteiger partial charge in [0.25, 0.3) is 0 Å². The molecule has 44 heavy (non-hydrogen) atoms. The van der Waals surface area contributed by atoms with Gasteiger partial charge in [0.2, 0.25) is 0 Å². The van der Waals surface area contributed by atoms with Gasteiger partial charge in [-0.15, -0.1) is 0 Å². The van der Waals surface area contributed by atoms with Crippen LogP contribution in [0.4, 0.5) is 0 Å². The van der Waals surface area contributed by atoms with Gasteiger partial charge in [0, 0.05) is 12.8 Å². The number of aliphatic carboxylic acids is 1. The molecular formula is C40H76O4. The Morgan fingerprint density at radius 3 is 1.30 bits per heavy atom. The van der Waals surface area contributed by atoms with Crippen LogP contribution in [0.25, 0.3) is 0 Å². The number of esters is 1. The summed E-state index contributed by atoms with van der Waals surface area (Å²) in [6.07, 6.45) is 44.4. The maximum absolute atomic E-state index is 12.4. The van der Waals surface area contributed by atoms with Crippen LogP contribution in [0, 0.1) is 0 Å². The van der Waals surface area contributed by atoms with Gasteiger partial charge in [-0.25, -0.2) is 0 Å². The molecule has 0 saturated heterocycles. The predicted molar refractivity (Wildman–Crippen MR) is 190 cm³/mol. The summed E-state index contributed by atoms with van der Waals surface area (Å²) >= 11 is 0. The molecule has 260 valence electrons. The second-order valence-corrected chi connectivity index (χ2v) is 13.5. The van der Waals surface area contributed by atoms with E-state index in [9.17, 15) is 9.59 Å². The Balaban J connectivity index is 3.50. The first-order valence-electron chi connectivity index (χ1n) is 19.7. The van der Waals surface area contributed by atoms with Crippen molar-refractivity contribution >= 4 is 11.9 Å². The largest absolute Gasteiger partial charge is 0.481 e. The Hall–Kier alpha value is -1.32. The van der Waals surface area contributed by atoms with Crippen molar-refractivity contribution < 1.29 is 19.4 Å². The summed E-state index contributed by atoms with van der Waals surface area (Å²) in [6.45, 7) is 4.46. The second-order valence-electron chi connectivity index (χ2n) is 13.5. The van der Waals surface area contributed by atoms with E-state index in [1.807, 2.05) is 0 Å². The van der Waals surface area contributed by atoms with E-state index in [4.69, 9.17) is 9.84 Å². The van der Waals surface area contributed by atoms with E-state index in [0.29, 0.717) is 12.8 Å². The average Bonchev–Trinajstić information content (AvgIpc) is 3.00. The first kappa shape index (κ1) is 42.7. The minimum atomic E-state index is -0.661. The predicted octanol–water partition coefficient (Wildman–Crippen LogP) is 13.5. The monoisotopic (exact) mass is 621 g/mol. The van der Waals surface area contributed by atoms with Crippen molar-refractivity contribution in [2.45, 2.75) is 232 Å². The zero-order valence-corrected chi connectivity index (χ0v) is 29.7. The number of carboxylic acid groups (broad SMARTS) is 1. The van der Waals surface area contributed by atoms with Crippen molar-refractivity contribution in [3.8, 4) is 0 Å². The fourth-order valence-electron chi connectivity index (χ4n) is 6.12. The van der Waals surface area contributed by atoms with E-state index in [-0.39, 0.29) is 12.1 Å². The minimum Gasteiger partial charge on any atom is -0.481 e. The molecule has 0 rings (SSSR count). The zero-order chi connectivity index (χ0) is 32.2. The SMILES string of the molecule is CCCCCC/C=C\CCCCCCCC(=O)OC(CCC)CCCCCCCCCCCCCCCCCCCC(=O)O. The molecule has 0 saturated carbocycles. The first-order chi connectivity index (χ1) is 21.6. The molecule has 0 spiro atoms. The summed E-state index contributed by atoms with van der Waals surface area (Å²) < 4.78 is 5.87. The van der Waals surface area contributed by atoms with Gasteiger partial charge in [0.1, 0.15) is 6.10 Å². The molecule has 0 bridgehead atoms. The Labute approximate surface area is 275 Å². The van der Waals surface area contributed by atoms with Gasteiger partial charge in [0.05, 0.1) is 0 Å². The van der Waals surface area contributed by atoms with E-state index < -0.39 is 5.97 Å². The third-order valence-corrected chi connectivity index (χ3v) is 8.97. The molecule has 0 heterocycles. The number of unbranched alkanes of at least 4 members (excludes halogenated alkanes) is 25. The smallest absolute Gasteiger partial charge is 0.306 e. The van der Waals surface area contributed by atoms with E-state index >= 15 is 0 Å². The highest BCUT2D eigenvalue weighted by atomic mass is 16.5. The van der Waals surface area contributed by atoms with Gasteiger partial charge >= 0.3 is 11.9 Å². The molecule has 0 aliphatic rings. The Morgan fingerprint density at radius 2 is 0.864 bits per heavy atom. The average molecular weight is 621 g/mol. The van der Waals surface area contributed by atoms with Gasteiger partial charge in [-0.1, -0.05) is 167 Å². The summed E-state index contributed by atoms with van der Waals surface area (Å²) in [5, 5.41) is 8.65. The first-order valence-corrected chi connectivity index (χ1v) is 19.7. The highest BCUT2D eigenvalue weighted by Crippen LogP contribution is 2.18. The van der Waals surface area contributed by atoms with Crippen LogP contribution in [-0.4, -0.2) is 23.1 Å². The lowest BCUT2D eigenvalue weighted by Crippen LogP contribution is -2.18. The van der Waals surface area contributed by atoms with E-state index in [1.54, 1.807) is 0 Å². The number of allylic oxidation sites excluding steroid dienone is 2. The van der Waals surface area contributed by atoms with Crippen LogP contribution >= 0.6 is 0 Å². The standard InChI is InChI=1S/C40H76O4/c1-3-5-6-7-8-9-10-16-21-24-27-30-33-37-40(43)44-38(34-4-2)35-31-28-25-22-19-17-14-12-11-13-15-18-20-23-26-29-32-36-39(41)42/h9-10,38H,3-8,11-37H2,1-2H3,(H,41,42)/b10-9-. The minimum absolute atomic E-state index is 0.0272. The second kappa shape index (κ2) is 36.2. The van der Waals surface area contributed by atoms with Crippen molar-refractivity contribution in [3.05, 3.63) is 12.2 Å². The lowest BCUT2D eigenvalue weighted by atomic mass is 10.0. The number of rotatable bonds is 36. The third kappa shape index (κ3) is 35.2. The Morgan fingerprint density at radius 1 is 0.477 bits per heavy atom. The molecular weight excluding hydrogens is 544 g/mol. The molecule has 0 aromatic rings. The van der Waals surface area contributed by atoms with Crippen LogP contribution < -0.4 is 0 Å². The number of carbonyl (C=O) groups excluding carboxylic acids is 1. The van der Waals surface area contributed by atoms with Gasteiger partial charge in [0.15, 0.2) is 0 Å². The summed E-state index contributed by atoms with van der Waals surface area (Å²) in [5.74, 6) is -0.634. The molecule has 1 N–H and O–H groups in total. The molecule has 0 aromatic carbocycles. The van der Waals surface area contributed by atoms with Gasteiger partial charge in [-0.2, -0.15) is 0 Å². The molecule has 1 atom stereocenters. The molecule has 0 aliphatic heterocycles. The summed E-state index contributed by atoms with van der Waals surface area (Å²) in [6, 6.07) is 0. The normalized spacial score (nSPS) is 12.2. The fourth-order valence-corrected chi connectivity index (χ4v) is 6.12. The van der Waals surface area contributed by atoms with Crippen LogP contribution in [0.1, 0.15) is 226 Å². The topological polar surface area (TPSA) is 63.6 Å². The lowest BCUT2D eigenvalue weighted by Gasteiger charge is -2.17. The molecule has 0 amide bonds. The van der Waals surface area contributed by atoms with E-state index in [0.717, 1.165) is 44.9 Å². The summed E-state index contributed by atoms with van der Waals surface area (Å²) in [5.41, 5.74) is 0. The molecule has 1 unspecified atom stereocenters. The van der Waals surface area contributed by atoms with Crippen LogP contribution in [0.5, 0.6) is 0 Å². The van der Waals surface area contributed by atoms with Crippen LogP contribution in [0.2, 0.25) is 0 Å². The third-order valence-electron chi connectivity index (χ3n) is 8.97. The highest BCUT2D eigenvalue weighted by Gasteiger charge is 2.13. The van der Waals surface area contributed by atoms with Crippen molar-refractivity contribution in [1.82, 2.24) is 0 Å². The van der Waals surface area contributed by atoms with Gasteiger partial charge in [-0.3, -0.25) is 9.59 Å². The lowest BCUT2D eigenvalue weighted by molar-refractivity contribution is -0.150. The van der Waals surface area contributed by atoms with Gasteiger partial charge < -0.3 is 9.84 Å². The quantitative estimate of drug-likeness (QED) is 0.0430. The fraction of sp³-hybridized carbons (Fsp3) is 0.900. The zero-order valence-electron chi connectivity index (χ0n) is 29.7. The van der Waals surface area contributed by atoms with Crippen molar-refractivity contribution in [3.63, 3.8) is 0 Å². The van der Waals surface area contributed by atoms with Crippen LogP contribution in [-0.2, 0) is 14.3 Å². The Bertz CT molecular complexity index is 629. The van der Waals surface area contributed by atoms with Crippen LogP contribution in [0.15, 0.2) is 12.2 Å². The number of hydrogen-bond acceptors (Lipinski definition) is 3. The number of carbonyl (C=O) groups is 2. The van der Waals surface area contributed by atoms with E-state index in [2.05, 4.69) is 26.0 Å². The highest BCUT2D eigenvalue weighted by molar-refractivity contribution is 5.69. The number of hydrogen-bond donors (Lipinski definition) is 1. The van der Waals surface area contributed by atoms with Crippen molar-refractivity contribution in [2.75, 3.05) is 0 Å².